The molecule has 172 valence electrons. The monoisotopic (exact) mass is 480 g/mol. The smallest absolute Gasteiger partial charge is 0.309 e. The van der Waals surface area contributed by atoms with Gasteiger partial charge in [0.2, 0.25) is 0 Å². The third kappa shape index (κ3) is 5.03. The molecule has 0 aliphatic carbocycles. The summed E-state index contributed by atoms with van der Waals surface area (Å²) in [5.74, 6) is 1.07. The minimum absolute atomic E-state index is 0.0139. The highest BCUT2D eigenvalue weighted by molar-refractivity contribution is 7.99. The topological polar surface area (TPSA) is 104 Å². The second kappa shape index (κ2) is 10.2. The van der Waals surface area contributed by atoms with Gasteiger partial charge in [0.1, 0.15) is 11.1 Å². The van der Waals surface area contributed by atoms with Gasteiger partial charge in [0.25, 0.3) is 5.91 Å². The zero-order valence-corrected chi connectivity index (χ0v) is 19.3. The molecule has 1 aliphatic rings. The van der Waals surface area contributed by atoms with Crippen LogP contribution in [0.3, 0.4) is 0 Å². The number of fused-ring (bicyclic) bond motifs is 1. The van der Waals surface area contributed by atoms with Crippen LogP contribution in [0.1, 0.15) is 27.0 Å². The van der Waals surface area contributed by atoms with E-state index in [0.717, 1.165) is 22.7 Å². The highest BCUT2D eigenvalue weighted by Crippen LogP contribution is 2.43. The van der Waals surface area contributed by atoms with Crippen molar-refractivity contribution in [3.05, 3.63) is 108 Å². The molecular formula is C26H20N6O2S. The quantitative estimate of drug-likeness (QED) is 0.179. The van der Waals surface area contributed by atoms with Crippen LogP contribution >= 0.6 is 11.8 Å². The predicted octanol–water partition coefficient (Wildman–Crippen LogP) is 5.07. The number of nitriles is 1. The van der Waals surface area contributed by atoms with E-state index in [4.69, 9.17) is 10.00 Å². The SMILES string of the molecule is N#CNC(=Nc1cccc(C(=O)Nc2ccn3c2CSC3c2cccnc2)c1)Oc1ccccc1. The highest BCUT2D eigenvalue weighted by atomic mass is 32.2. The van der Waals surface area contributed by atoms with Crippen molar-refractivity contribution in [3.63, 3.8) is 0 Å². The van der Waals surface area contributed by atoms with Crippen molar-refractivity contribution in [3.8, 4) is 11.9 Å². The fourth-order valence-corrected chi connectivity index (χ4v) is 5.05. The van der Waals surface area contributed by atoms with E-state index in [2.05, 4.69) is 31.2 Å². The number of carbonyl (C=O) groups is 1. The Kier molecular flexibility index (Phi) is 6.46. The van der Waals surface area contributed by atoms with Crippen molar-refractivity contribution in [1.82, 2.24) is 14.9 Å². The molecule has 9 heteroatoms. The van der Waals surface area contributed by atoms with Crippen LogP contribution in [0.2, 0.25) is 0 Å². The number of rotatable bonds is 5. The predicted molar refractivity (Wildman–Crippen MR) is 135 cm³/mol. The zero-order valence-electron chi connectivity index (χ0n) is 18.5. The van der Waals surface area contributed by atoms with Gasteiger partial charge in [0.15, 0.2) is 6.19 Å². The molecule has 0 bridgehead atoms. The van der Waals surface area contributed by atoms with Gasteiger partial charge in [-0.1, -0.05) is 30.3 Å². The molecule has 0 spiro atoms. The molecule has 35 heavy (non-hydrogen) atoms. The Hall–Kier alpha value is -4.55. The fraction of sp³-hybridized carbons (Fsp3) is 0.0769. The third-order valence-corrected chi connectivity index (χ3v) is 6.59. The fourth-order valence-electron chi connectivity index (χ4n) is 3.74. The van der Waals surface area contributed by atoms with Gasteiger partial charge in [-0.2, -0.15) is 10.3 Å². The number of nitrogens with zero attached hydrogens (tertiary/aromatic N) is 4. The van der Waals surface area contributed by atoms with Crippen molar-refractivity contribution in [2.24, 2.45) is 4.99 Å². The largest absolute Gasteiger partial charge is 0.425 e. The first-order valence-electron chi connectivity index (χ1n) is 10.8. The number of amidine groups is 1. The van der Waals surface area contributed by atoms with Crippen LogP contribution in [0.5, 0.6) is 5.75 Å². The molecule has 8 nitrogen and oxygen atoms in total. The number of pyridine rings is 1. The Labute approximate surface area is 206 Å². The van der Waals surface area contributed by atoms with Crippen LogP contribution in [-0.2, 0) is 5.75 Å². The summed E-state index contributed by atoms with van der Waals surface area (Å²) in [6.45, 7) is 0. The molecule has 4 aromatic rings. The van der Waals surface area contributed by atoms with E-state index >= 15 is 0 Å². The first-order valence-corrected chi connectivity index (χ1v) is 11.9. The van der Waals surface area contributed by atoms with Crippen molar-refractivity contribution in [2.75, 3.05) is 5.32 Å². The number of thioether (sulfide) groups is 1. The van der Waals surface area contributed by atoms with E-state index in [1.165, 1.54) is 0 Å². The Morgan fingerprint density at radius 2 is 2.03 bits per heavy atom. The lowest BCUT2D eigenvalue weighted by Crippen LogP contribution is -2.24. The van der Waals surface area contributed by atoms with Crippen LogP contribution in [-0.4, -0.2) is 21.5 Å². The molecule has 1 unspecified atom stereocenters. The number of hydrogen-bond donors (Lipinski definition) is 2. The molecule has 0 saturated carbocycles. The zero-order chi connectivity index (χ0) is 24.0. The molecule has 0 radical (unpaired) electrons. The minimum Gasteiger partial charge on any atom is -0.425 e. The maximum Gasteiger partial charge on any atom is 0.309 e. The second-order valence-electron chi connectivity index (χ2n) is 7.61. The maximum absolute atomic E-state index is 13.0. The number of aliphatic imine (C=N–C) groups is 1. The molecule has 1 amide bonds. The lowest BCUT2D eigenvalue weighted by molar-refractivity contribution is 0.102. The van der Waals surface area contributed by atoms with Crippen molar-refractivity contribution in [2.45, 2.75) is 11.1 Å². The van der Waals surface area contributed by atoms with Crippen LogP contribution in [0, 0.1) is 11.5 Å². The summed E-state index contributed by atoms with van der Waals surface area (Å²) in [5, 5.41) is 14.6. The van der Waals surface area contributed by atoms with Gasteiger partial charge in [-0.05, 0) is 42.5 Å². The van der Waals surface area contributed by atoms with Crippen molar-refractivity contribution >= 4 is 35.1 Å². The first kappa shape index (κ1) is 22.3. The van der Waals surface area contributed by atoms with Crippen molar-refractivity contribution < 1.29 is 9.53 Å². The van der Waals surface area contributed by atoms with Crippen LogP contribution in [0.25, 0.3) is 0 Å². The number of benzene rings is 2. The lowest BCUT2D eigenvalue weighted by Gasteiger charge is -2.12. The van der Waals surface area contributed by atoms with Gasteiger partial charge in [-0.3, -0.25) is 9.78 Å². The molecule has 2 aromatic carbocycles. The molecule has 3 heterocycles. The van der Waals surface area contributed by atoms with Gasteiger partial charge in [0, 0.05) is 35.5 Å². The Balaban J connectivity index is 1.33. The molecule has 0 saturated heterocycles. The van der Waals surface area contributed by atoms with Crippen LogP contribution < -0.4 is 15.4 Å². The molecular weight excluding hydrogens is 460 g/mol. The molecule has 1 atom stereocenters. The summed E-state index contributed by atoms with van der Waals surface area (Å²) in [7, 11) is 0. The van der Waals surface area contributed by atoms with Gasteiger partial charge in [0.05, 0.1) is 17.1 Å². The summed E-state index contributed by atoms with van der Waals surface area (Å²) in [4.78, 5) is 21.6. The van der Waals surface area contributed by atoms with Gasteiger partial charge in [-0.25, -0.2) is 5.32 Å². The van der Waals surface area contributed by atoms with Gasteiger partial charge < -0.3 is 14.6 Å². The summed E-state index contributed by atoms with van der Waals surface area (Å²) >= 11 is 1.79. The summed E-state index contributed by atoms with van der Waals surface area (Å²) in [6, 6.07) is 21.8. The Morgan fingerprint density at radius 1 is 1.14 bits per heavy atom. The van der Waals surface area contributed by atoms with E-state index in [1.807, 2.05) is 48.9 Å². The summed E-state index contributed by atoms with van der Waals surface area (Å²) in [5.41, 5.74) is 3.87. The Morgan fingerprint density at radius 3 is 2.83 bits per heavy atom. The van der Waals surface area contributed by atoms with E-state index in [9.17, 15) is 4.79 Å². The Bertz CT molecular complexity index is 1410. The number of amides is 1. The number of aromatic nitrogens is 2. The molecule has 5 rings (SSSR count). The number of hydrogen-bond acceptors (Lipinski definition) is 6. The van der Waals surface area contributed by atoms with Crippen LogP contribution in [0.15, 0.2) is 96.4 Å². The van der Waals surface area contributed by atoms with E-state index in [1.54, 1.807) is 54.4 Å². The van der Waals surface area contributed by atoms with Gasteiger partial charge >= 0.3 is 6.02 Å². The highest BCUT2D eigenvalue weighted by Gasteiger charge is 2.27. The average molecular weight is 481 g/mol. The van der Waals surface area contributed by atoms with Gasteiger partial charge in [-0.15, -0.1) is 11.8 Å². The van der Waals surface area contributed by atoms with Crippen LogP contribution in [0.4, 0.5) is 11.4 Å². The van der Waals surface area contributed by atoms with E-state index in [0.29, 0.717) is 17.0 Å². The summed E-state index contributed by atoms with van der Waals surface area (Å²) < 4.78 is 7.81. The second-order valence-corrected chi connectivity index (χ2v) is 8.67. The van der Waals surface area contributed by atoms with E-state index in [-0.39, 0.29) is 17.3 Å². The molecule has 0 fully saturated rings. The number of nitrogens with one attached hydrogen (secondary N) is 2. The molecule has 2 aromatic heterocycles. The number of carbonyl (C=O) groups excluding carboxylic acids is 1. The summed E-state index contributed by atoms with van der Waals surface area (Å²) in [6.07, 6.45) is 7.44. The standard InChI is InChI=1S/C26H20N6O2S/c27-17-29-26(34-21-9-2-1-3-10-21)30-20-8-4-6-18(14-20)24(33)31-22-11-13-32-23(22)16-35-25(32)19-7-5-12-28-15-19/h1-15,25H,16H2,(H,29,30)(H,31,33). The third-order valence-electron chi connectivity index (χ3n) is 5.33. The number of ether oxygens (including phenoxy) is 1. The van der Waals surface area contributed by atoms with Crippen molar-refractivity contribution in [1.29, 1.82) is 5.26 Å². The first-order chi connectivity index (χ1) is 17.2. The van der Waals surface area contributed by atoms with E-state index < -0.39 is 0 Å². The minimum atomic E-state index is -0.246. The molecule has 1 aliphatic heterocycles. The maximum atomic E-state index is 13.0. The molecule has 2 N–H and O–H groups in total. The normalized spacial score (nSPS) is 14.6. The lowest BCUT2D eigenvalue weighted by atomic mass is 10.2. The number of para-hydroxylation sites is 1. The number of anilines is 1. The average Bonchev–Trinajstić information content (AvgIpc) is 3.48.